The van der Waals surface area contributed by atoms with Gasteiger partial charge in [0.1, 0.15) is 6.33 Å². The Morgan fingerprint density at radius 1 is 1.16 bits per heavy atom. The molecule has 0 bridgehead atoms. The van der Waals surface area contributed by atoms with Crippen LogP contribution < -0.4 is 0 Å². The van der Waals surface area contributed by atoms with Crippen LogP contribution in [0, 0.1) is 23.5 Å². The van der Waals surface area contributed by atoms with Crippen molar-refractivity contribution in [1.29, 1.82) is 0 Å². The molecule has 3 rings (SSSR count). The molecule has 0 aliphatic carbocycles. The molecule has 2 heterocycles. The zero-order valence-electron chi connectivity index (χ0n) is 9.08. The molecular formula is C12H4F3IrN2S-. The Morgan fingerprint density at radius 3 is 2.74 bits per heavy atom. The summed E-state index contributed by atoms with van der Waals surface area (Å²) in [7, 11) is 0. The quantitative estimate of drug-likeness (QED) is 0.413. The van der Waals surface area contributed by atoms with E-state index < -0.39 is 17.5 Å². The van der Waals surface area contributed by atoms with E-state index in [2.05, 4.69) is 16.0 Å². The van der Waals surface area contributed by atoms with Crippen LogP contribution in [0.15, 0.2) is 23.8 Å². The summed E-state index contributed by atoms with van der Waals surface area (Å²) < 4.78 is 40.5. The van der Waals surface area contributed by atoms with Crippen molar-refractivity contribution < 1.29 is 33.3 Å². The van der Waals surface area contributed by atoms with Gasteiger partial charge >= 0.3 is 0 Å². The molecule has 99 valence electrons. The molecule has 1 radical (unpaired) electrons. The molecule has 0 saturated carbocycles. The minimum absolute atomic E-state index is 0. The molecule has 0 aliphatic heterocycles. The molecule has 3 aromatic rings. The summed E-state index contributed by atoms with van der Waals surface area (Å²) in [6.07, 6.45) is 1.22. The molecule has 0 fully saturated rings. The summed E-state index contributed by atoms with van der Waals surface area (Å²) in [6.45, 7) is 0. The summed E-state index contributed by atoms with van der Waals surface area (Å²) in [4.78, 5) is 7.86. The number of hydrogen-bond donors (Lipinski definition) is 0. The van der Waals surface area contributed by atoms with Crippen LogP contribution in [0.1, 0.15) is 0 Å². The zero-order valence-corrected chi connectivity index (χ0v) is 12.3. The van der Waals surface area contributed by atoms with Gasteiger partial charge < -0.3 is 0 Å². The third kappa shape index (κ3) is 2.41. The molecule has 7 heteroatoms. The molecule has 2 nitrogen and oxygen atoms in total. The van der Waals surface area contributed by atoms with Crippen molar-refractivity contribution in [3.05, 3.63) is 47.4 Å². The van der Waals surface area contributed by atoms with Gasteiger partial charge in [0, 0.05) is 36.3 Å². The number of halogens is 3. The summed E-state index contributed by atoms with van der Waals surface area (Å²) in [6, 6.07) is 4.32. The van der Waals surface area contributed by atoms with Gasteiger partial charge in [-0.05, 0) is 11.4 Å². The van der Waals surface area contributed by atoms with Gasteiger partial charge in [-0.2, -0.15) is 11.3 Å². The molecule has 0 amide bonds. The fraction of sp³-hybridized carbons (Fsp3) is 0. The fourth-order valence-electron chi connectivity index (χ4n) is 1.63. The van der Waals surface area contributed by atoms with Gasteiger partial charge in [-0.1, -0.05) is 11.6 Å². The van der Waals surface area contributed by atoms with E-state index in [-0.39, 0.29) is 31.4 Å². The van der Waals surface area contributed by atoms with Gasteiger partial charge in [0.2, 0.25) is 0 Å². The SMILES string of the molecule is Fc1[c-]c(-c2ncnc3ccsc23)c(F)c(F)c1.[Ir]. The van der Waals surface area contributed by atoms with Crippen molar-refractivity contribution in [2.24, 2.45) is 0 Å². The van der Waals surface area contributed by atoms with Crippen molar-refractivity contribution in [1.82, 2.24) is 9.97 Å². The molecule has 0 N–H and O–H groups in total. The van der Waals surface area contributed by atoms with E-state index in [1.807, 2.05) is 0 Å². The van der Waals surface area contributed by atoms with Crippen LogP contribution in [-0.4, -0.2) is 9.97 Å². The minimum Gasteiger partial charge on any atom is -0.284 e. The molecule has 2 aromatic heterocycles. The van der Waals surface area contributed by atoms with Crippen LogP contribution in [0.25, 0.3) is 21.5 Å². The molecule has 1 aromatic carbocycles. The Kier molecular flexibility index (Phi) is 3.99. The molecule has 0 aliphatic rings. The number of hydrogen-bond acceptors (Lipinski definition) is 3. The maximum absolute atomic E-state index is 13.7. The topological polar surface area (TPSA) is 25.8 Å². The zero-order chi connectivity index (χ0) is 12.7. The second kappa shape index (κ2) is 5.36. The van der Waals surface area contributed by atoms with Gasteiger partial charge in [-0.3, -0.25) is 9.37 Å². The Labute approximate surface area is 123 Å². The van der Waals surface area contributed by atoms with E-state index in [4.69, 9.17) is 0 Å². The average molecular weight is 457 g/mol. The maximum Gasteiger partial charge on any atom is 0.106 e. The standard InChI is InChI=1S/C12H4F3N2S.Ir/c13-6-3-7(10(15)8(14)4-6)11-12-9(1-2-18-12)16-5-17-11;/h1-2,4-5H;/q-1;. The molecule has 0 atom stereocenters. The van der Waals surface area contributed by atoms with Gasteiger partial charge in [0.15, 0.2) is 0 Å². The molecule has 0 unspecified atom stereocenters. The smallest absolute Gasteiger partial charge is 0.106 e. The van der Waals surface area contributed by atoms with Crippen LogP contribution in [0.2, 0.25) is 0 Å². The van der Waals surface area contributed by atoms with Crippen LogP contribution >= 0.6 is 11.3 Å². The van der Waals surface area contributed by atoms with Gasteiger partial charge in [0.05, 0.1) is 17.2 Å². The summed E-state index contributed by atoms with van der Waals surface area (Å²) in [5.74, 6) is -3.39. The number of nitrogens with zero attached hydrogens (tertiary/aromatic N) is 2. The number of benzene rings is 1. The third-order valence-corrected chi connectivity index (χ3v) is 3.32. The summed E-state index contributed by atoms with van der Waals surface area (Å²) >= 11 is 1.27. The van der Waals surface area contributed by atoms with Crippen LogP contribution in [0.5, 0.6) is 0 Å². The maximum atomic E-state index is 13.7. The Hall–Kier alpha value is -1.30. The van der Waals surface area contributed by atoms with Gasteiger partial charge in [0.25, 0.3) is 0 Å². The molecule has 19 heavy (non-hydrogen) atoms. The first-order valence-corrected chi connectivity index (χ1v) is 5.80. The Balaban J connectivity index is 0.00000133. The predicted octanol–water partition coefficient (Wildman–Crippen LogP) is 3.57. The molecule has 0 spiro atoms. The van der Waals surface area contributed by atoms with Crippen molar-refractivity contribution in [2.45, 2.75) is 0 Å². The number of rotatable bonds is 1. The average Bonchev–Trinajstić information content (AvgIpc) is 2.81. The predicted molar refractivity (Wildman–Crippen MR) is 61.6 cm³/mol. The number of aromatic nitrogens is 2. The summed E-state index contributed by atoms with van der Waals surface area (Å²) in [5.41, 5.74) is 0.427. The van der Waals surface area contributed by atoms with Gasteiger partial charge in [-0.15, -0.1) is 6.07 Å². The van der Waals surface area contributed by atoms with Crippen molar-refractivity contribution in [2.75, 3.05) is 0 Å². The number of fused-ring (bicyclic) bond motifs is 1. The first-order valence-electron chi connectivity index (χ1n) is 4.92. The second-order valence-corrected chi connectivity index (χ2v) is 4.43. The van der Waals surface area contributed by atoms with Crippen LogP contribution in [0.4, 0.5) is 13.2 Å². The first kappa shape index (κ1) is 14.1. The largest absolute Gasteiger partial charge is 0.284 e. The fourth-order valence-corrected chi connectivity index (χ4v) is 2.48. The normalized spacial score (nSPS) is 10.5. The number of thiophene rings is 1. The van der Waals surface area contributed by atoms with Crippen LogP contribution in [-0.2, 0) is 20.1 Å². The molecular weight excluding hydrogens is 453 g/mol. The van der Waals surface area contributed by atoms with E-state index in [9.17, 15) is 13.2 Å². The van der Waals surface area contributed by atoms with Crippen molar-refractivity contribution in [3.63, 3.8) is 0 Å². The Bertz CT molecular complexity index is 745. The van der Waals surface area contributed by atoms with Crippen molar-refractivity contribution in [3.8, 4) is 11.3 Å². The van der Waals surface area contributed by atoms with E-state index in [1.165, 1.54) is 17.7 Å². The second-order valence-electron chi connectivity index (χ2n) is 3.51. The Morgan fingerprint density at radius 2 is 1.95 bits per heavy atom. The summed E-state index contributed by atoms with van der Waals surface area (Å²) in [5, 5.41) is 1.75. The van der Waals surface area contributed by atoms with E-state index in [1.54, 1.807) is 11.4 Å². The van der Waals surface area contributed by atoms with Gasteiger partial charge in [-0.25, -0.2) is 13.8 Å². The monoisotopic (exact) mass is 458 g/mol. The minimum atomic E-state index is -1.26. The first-order chi connectivity index (χ1) is 8.66. The third-order valence-electron chi connectivity index (χ3n) is 2.41. The van der Waals surface area contributed by atoms with E-state index >= 15 is 0 Å². The van der Waals surface area contributed by atoms with Crippen LogP contribution in [0.3, 0.4) is 0 Å². The van der Waals surface area contributed by atoms with E-state index in [0.717, 1.165) is 0 Å². The van der Waals surface area contributed by atoms with E-state index in [0.29, 0.717) is 16.3 Å². The molecule has 0 saturated heterocycles. The van der Waals surface area contributed by atoms with Crippen molar-refractivity contribution >= 4 is 21.6 Å².